The molecule has 1 N–H and O–H groups in total. The van der Waals surface area contributed by atoms with Gasteiger partial charge in [0.15, 0.2) is 5.13 Å². The zero-order valence-electron chi connectivity index (χ0n) is 12.5. The van der Waals surface area contributed by atoms with Gasteiger partial charge in [0.1, 0.15) is 0 Å². The van der Waals surface area contributed by atoms with Crippen molar-refractivity contribution in [3.63, 3.8) is 0 Å². The van der Waals surface area contributed by atoms with Crippen molar-refractivity contribution in [3.05, 3.63) is 52.3 Å². The molecule has 0 radical (unpaired) electrons. The van der Waals surface area contributed by atoms with Crippen LogP contribution in [0.5, 0.6) is 0 Å². The predicted octanol–water partition coefficient (Wildman–Crippen LogP) is 3.21. The maximum atomic E-state index is 12.2. The van der Waals surface area contributed by atoms with Crippen molar-refractivity contribution in [1.29, 1.82) is 0 Å². The Hall–Kier alpha value is -2.12. The fourth-order valence-electron chi connectivity index (χ4n) is 2.33. The fourth-order valence-corrected chi connectivity index (χ4v) is 3.75. The highest BCUT2D eigenvalue weighted by atomic mass is 32.2. The molecule has 0 bridgehead atoms. The first-order valence-electron chi connectivity index (χ1n) is 7.13. The summed E-state index contributed by atoms with van der Waals surface area (Å²) >= 11 is 2.74. The third kappa shape index (κ3) is 3.46. The van der Waals surface area contributed by atoms with Gasteiger partial charge in [-0.05, 0) is 13.0 Å². The summed E-state index contributed by atoms with van der Waals surface area (Å²) in [5, 5.41) is 6.12. The number of carbonyl (C=O) groups excluding carboxylic acids is 1. The Labute approximate surface area is 141 Å². The van der Waals surface area contributed by atoms with Gasteiger partial charge in [-0.15, -0.1) is 23.1 Å². The van der Waals surface area contributed by atoms with Crippen molar-refractivity contribution in [1.82, 2.24) is 9.55 Å². The Balaban J connectivity index is 1.83. The van der Waals surface area contributed by atoms with E-state index < -0.39 is 0 Å². The first-order valence-corrected chi connectivity index (χ1v) is 9.00. The quantitative estimate of drug-likeness (QED) is 0.721. The molecule has 0 unspecified atom stereocenters. The minimum Gasteiger partial charge on any atom is -0.308 e. The van der Waals surface area contributed by atoms with Gasteiger partial charge in [0.25, 0.3) is 5.56 Å². The molecule has 2 aromatic heterocycles. The average Bonchev–Trinajstić information content (AvgIpc) is 3.05. The molecule has 0 aliphatic rings. The lowest BCUT2D eigenvalue weighted by molar-refractivity contribution is -0.113. The lowest BCUT2D eigenvalue weighted by Gasteiger charge is -2.11. The summed E-state index contributed by atoms with van der Waals surface area (Å²) in [7, 11) is 0. The van der Waals surface area contributed by atoms with Crippen LogP contribution in [0.4, 0.5) is 5.13 Å². The number of thiazole rings is 1. The second-order valence-electron chi connectivity index (χ2n) is 4.78. The molecule has 3 rings (SSSR count). The lowest BCUT2D eigenvalue weighted by atomic mass is 10.2. The third-order valence-corrected chi connectivity index (χ3v) is 5.08. The second-order valence-corrected chi connectivity index (χ2v) is 6.69. The van der Waals surface area contributed by atoms with E-state index >= 15 is 0 Å². The normalized spacial score (nSPS) is 10.8. The molecule has 23 heavy (non-hydrogen) atoms. The molecule has 0 spiro atoms. The van der Waals surface area contributed by atoms with Crippen LogP contribution in [0.2, 0.25) is 0 Å². The molecule has 1 amide bonds. The van der Waals surface area contributed by atoms with Crippen LogP contribution >= 0.6 is 23.1 Å². The predicted molar refractivity (Wildman–Crippen MR) is 95.3 cm³/mol. The molecule has 7 heteroatoms. The summed E-state index contributed by atoms with van der Waals surface area (Å²) in [5.74, 6) is 0.104. The van der Waals surface area contributed by atoms with E-state index in [0.717, 1.165) is 15.8 Å². The highest BCUT2D eigenvalue weighted by Gasteiger charge is 2.10. The van der Waals surface area contributed by atoms with E-state index in [1.165, 1.54) is 23.1 Å². The number of hydrogen-bond acceptors (Lipinski definition) is 5. The van der Waals surface area contributed by atoms with E-state index in [1.54, 1.807) is 22.2 Å². The van der Waals surface area contributed by atoms with Crippen LogP contribution in [-0.2, 0) is 11.3 Å². The molecule has 2 heterocycles. The van der Waals surface area contributed by atoms with Crippen molar-refractivity contribution < 1.29 is 4.79 Å². The van der Waals surface area contributed by atoms with Gasteiger partial charge in [-0.2, -0.15) is 0 Å². The summed E-state index contributed by atoms with van der Waals surface area (Å²) in [6.45, 7) is 2.57. The minimum atomic E-state index is -0.131. The largest absolute Gasteiger partial charge is 0.308 e. The number of nitrogens with zero attached hydrogens (tertiary/aromatic N) is 2. The number of aromatic nitrogens is 2. The first kappa shape index (κ1) is 15.8. The molecule has 1 aromatic carbocycles. The molecule has 118 valence electrons. The summed E-state index contributed by atoms with van der Waals surface area (Å²) < 4.78 is 1.73. The highest BCUT2D eigenvalue weighted by Crippen LogP contribution is 2.26. The van der Waals surface area contributed by atoms with Crippen LogP contribution in [0.1, 0.15) is 6.92 Å². The van der Waals surface area contributed by atoms with Crippen LogP contribution in [0.3, 0.4) is 0 Å². The first-order chi connectivity index (χ1) is 11.2. The van der Waals surface area contributed by atoms with E-state index in [4.69, 9.17) is 0 Å². The standard InChI is InChI=1S/C16H15N3O2S2/c1-2-19-12-6-4-3-5-11(12)13(9-15(19)21)23-10-14(20)18-16-17-7-8-22-16/h3-9H,2,10H2,1H3,(H,17,18,20). The van der Waals surface area contributed by atoms with Gasteiger partial charge in [0, 0.05) is 34.5 Å². The fraction of sp³-hybridized carbons (Fsp3) is 0.188. The number of aryl methyl sites for hydroxylation is 1. The molecular formula is C16H15N3O2S2. The number of carbonyl (C=O) groups is 1. The van der Waals surface area contributed by atoms with Crippen LogP contribution in [0.15, 0.2) is 51.6 Å². The van der Waals surface area contributed by atoms with E-state index in [2.05, 4.69) is 10.3 Å². The molecule has 0 aliphatic heterocycles. The number of nitrogens with one attached hydrogen (secondary N) is 1. The molecule has 0 saturated carbocycles. The Morgan fingerprint density at radius 1 is 1.39 bits per heavy atom. The lowest BCUT2D eigenvalue weighted by Crippen LogP contribution is -2.19. The highest BCUT2D eigenvalue weighted by molar-refractivity contribution is 8.00. The van der Waals surface area contributed by atoms with Crippen molar-refractivity contribution in [3.8, 4) is 0 Å². The van der Waals surface area contributed by atoms with Crippen molar-refractivity contribution in [2.75, 3.05) is 11.1 Å². The smallest absolute Gasteiger partial charge is 0.252 e. The molecule has 0 fully saturated rings. The Morgan fingerprint density at radius 3 is 2.96 bits per heavy atom. The van der Waals surface area contributed by atoms with E-state index in [0.29, 0.717) is 11.7 Å². The number of pyridine rings is 1. The molecule has 0 aliphatic carbocycles. The molecule has 3 aromatic rings. The minimum absolute atomic E-state index is 0.0472. The van der Waals surface area contributed by atoms with Crippen LogP contribution < -0.4 is 10.9 Å². The Kier molecular flexibility index (Phi) is 4.78. The van der Waals surface area contributed by atoms with Crippen molar-refractivity contribution in [2.45, 2.75) is 18.4 Å². The maximum Gasteiger partial charge on any atom is 0.252 e. The SMILES string of the molecule is CCn1c(=O)cc(SCC(=O)Nc2nccs2)c2ccccc21. The van der Waals surface area contributed by atoms with Crippen LogP contribution in [0, 0.1) is 0 Å². The van der Waals surface area contributed by atoms with E-state index in [1.807, 2.05) is 31.2 Å². The summed E-state index contributed by atoms with van der Waals surface area (Å²) in [6, 6.07) is 9.36. The van der Waals surface area contributed by atoms with Crippen molar-refractivity contribution in [2.24, 2.45) is 0 Å². The number of rotatable bonds is 5. The van der Waals surface area contributed by atoms with Crippen LogP contribution in [0.25, 0.3) is 10.9 Å². The van der Waals surface area contributed by atoms with Gasteiger partial charge in [-0.3, -0.25) is 9.59 Å². The number of para-hydroxylation sites is 1. The number of fused-ring (bicyclic) bond motifs is 1. The molecular weight excluding hydrogens is 330 g/mol. The van der Waals surface area contributed by atoms with Gasteiger partial charge in [0.05, 0.1) is 11.3 Å². The van der Waals surface area contributed by atoms with Gasteiger partial charge in [0.2, 0.25) is 5.91 Å². The number of amides is 1. The zero-order valence-corrected chi connectivity index (χ0v) is 14.1. The maximum absolute atomic E-state index is 12.2. The number of benzene rings is 1. The van der Waals surface area contributed by atoms with Gasteiger partial charge >= 0.3 is 0 Å². The summed E-state index contributed by atoms with van der Waals surface area (Å²) in [5.41, 5.74) is 0.847. The third-order valence-electron chi connectivity index (χ3n) is 3.33. The number of thioether (sulfide) groups is 1. The average molecular weight is 345 g/mol. The Bertz CT molecular complexity index is 888. The van der Waals surface area contributed by atoms with Gasteiger partial charge < -0.3 is 9.88 Å². The molecule has 0 atom stereocenters. The van der Waals surface area contributed by atoms with Crippen LogP contribution in [-0.4, -0.2) is 21.2 Å². The molecule has 0 saturated heterocycles. The number of hydrogen-bond donors (Lipinski definition) is 1. The van der Waals surface area contributed by atoms with Gasteiger partial charge in [-0.1, -0.05) is 18.2 Å². The summed E-state index contributed by atoms with van der Waals surface area (Å²) in [6.07, 6.45) is 1.64. The number of anilines is 1. The molecule has 5 nitrogen and oxygen atoms in total. The van der Waals surface area contributed by atoms with E-state index in [-0.39, 0.29) is 17.2 Å². The van der Waals surface area contributed by atoms with Gasteiger partial charge in [-0.25, -0.2) is 4.98 Å². The van der Waals surface area contributed by atoms with E-state index in [9.17, 15) is 9.59 Å². The van der Waals surface area contributed by atoms with Crippen molar-refractivity contribution >= 4 is 45.0 Å². The monoisotopic (exact) mass is 345 g/mol. The summed E-state index contributed by atoms with van der Waals surface area (Å²) in [4.78, 5) is 29.1. The zero-order chi connectivity index (χ0) is 16.2. The topological polar surface area (TPSA) is 64.0 Å². The second kappa shape index (κ2) is 6.97. The Morgan fingerprint density at radius 2 is 2.22 bits per heavy atom.